The van der Waals surface area contributed by atoms with E-state index >= 15 is 0 Å². The molecule has 1 aromatic carbocycles. The smallest absolute Gasteiger partial charge is 0.122 e. The van der Waals surface area contributed by atoms with E-state index in [-0.39, 0.29) is 6.04 Å². The highest BCUT2D eigenvalue weighted by Crippen LogP contribution is 2.26. The van der Waals surface area contributed by atoms with Gasteiger partial charge in [-0.25, -0.2) is 10.4 Å². The summed E-state index contributed by atoms with van der Waals surface area (Å²) in [4.78, 5) is 4.63. The number of nitrogens with one attached hydrogen (secondary N) is 1. The zero-order chi connectivity index (χ0) is 13.9. The zero-order valence-electron chi connectivity index (χ0n) is 11.3. The predicted molar refractivity (Wildman–Crippen MR) is 81.5 cm³/mol. The molecule has 3 N–H and O–H groups in total. The first kappa shape index (κ1) is 13.3. The molecule has 1 unspecified atom stereocenters. The van der Waals surface area contributed by atoms with Crippen LogP contribution in [-0.4, -0.2) is 4.98 Å². The van der Waals surface area contributed by atoms with E-state index in [0.29, 0.717) is 0 Å². The SMILES string of the molecule is CCc1ccc(C(Cc2nc3ccccc3s2)NN)o1. The third-order valence-corrected chi connectivity index (χ3v) is 4.35. The molecule has 0 bridgehead atoms. The number of furan rings is 1. The summed E-state index contributed by atoms with van der Waals surface area (Å²) in [7, 11) is 0. The first-order valence-electron chi connectivity index (χ1n) is 6.69. The van der Waals surface area contributed by atoms with Crippen molar-refractivity contribution in [1.29, 1.82) is 0 Å². The minimum Gasteiger partial charge on any atom is -0.464 e. The number of aryl methyl sites for hydroxylation is 1. The molecular formula is C15H17N3OS. The quantitative estimate of drug-likeness (QED) is 0.559. The Morgan fingerprint density at radius 1 is 1.30 bits per heavy atom. The van der Waals surface area contributed by atoms with Gasteiger partial charge in [-0.05, 0) is 24.3 Å². The number of fused-ring (bicyclic) bond motifs is 1. The molecule has 0 saturated heterocycles. The number of nitrogens with two attached hydrogens (primary N) is 1. The fourth-order valence-electron chi connectivity index (χ4n) is 2.20. The number of hydrogen-bond donors (Lipinski definition) is 2. The normalized spacial score (nSPS) is 12.9. The van der Waals surface area contributed by atoms with Gasteiger partial charge in [-0.3, -0.25) is 5.84 Å². The van der Waals surface area contributed by atoms with Crippen LogP contribution >= 0.6 is 11.3 Å². The van der Waals surface area contributed by atoms with Crippen molar-refractivity contribution in [2.45, 2.75) is 25.8 Å². The average molecular weight is 287 g/mol. The van der Waals surface area contributed by atoms with Gasteiger partial charge in [0.25, 0.3) is 0 Å². The predicted octanol–water partition coefficient (Wildman–Crippen LogP) is 3.20. The van der Waals surface area contributed by atoms with Gasteiger partial charge in [-0.1, -0.05) is 19.1 Å². The molecule has 20 heavy (non-hydrogen) atoms. The van der Waals surface area contributed by atoms with E-state index in [2.05, 4.69) is 23.4 Å². The minimum atomic E-state index is -0.0455. The van der Waals surface area contributed by atoms with Gasteiger partial charge in [-0.15, -0.1) is 11.3 Å². The molecule has 0 spiro atoms. The fraction of sp³-hybridized carbons (Fsp3) is 0.267. The molecule has 0 aliphatic heterocycles. The summed E-state index contributed by atoms with van der Waals surface area (Å²) >= 11 is 1.70. The van der Waals surface area contributed by atoms with E-state index in [1.54, 1.807) is 11.3 Å². The van der Waals surface area contributed by atoms with Crippen molar-refractivity contribution in [1.82, 2.24) is 10.4 Å². The van der Waals surface area contributed by atoms with E-state index in [9.17, 15) is 0 Å². The Morgan fingerprint density at radius 3 is 2.85 bits per heavy atom. The van der Waals surface area contributed by atoms with Crippen LogP contribution in [0.5, 0.6) is 0 Å². The van der Waals surface area contributed by atoms with E-state index in [1.165, 1.54) is 4.70 Å². The first-order valence-corrected chi connectivity index (χ1v) is 7.51. The molecule has 3 aromatic rings. The highest BCUT2D eigenvalue weighted by molar-refractivity contribution is 7.18. The number of para-hydroxylation sites is 1. The summed E-state index contributed by atoms with van der Waals surface area (Å²) in [6.07, 6.45) is 1.62. The van der Waals surface area contributed by atoms with Gasteiger partial charge < -0.3 is 4.42 Å². The number of benzene rings is 1. The molecule has 0 aliphatic carbocycles. The average Bonchev–Trinajstić information content (AvgIpc) is 3.10. The van der Waals surface area contributed by atoms with Gasteiger partial charge in [0.15, 0.2) is 0 Å². The maximum atomic E-state index is 5.77. The van der Waals surface area contributed by atoms with E-state index in [1.807, 2.05) is 30.3 Å². The molecule has 104 valence electrons. The van der Waals surface area contributed by atoms with Crippen molar-refractivity contribution < 1.29 is 4.42 Å². The van der Waals surface area contributed by atoms with Crippen LogP contribution in [0.3, 0.4) is 0 Å². The van der Waals surface area contributed by atoms with E-state index in [4.69, 9.17) is 10.3 Å². The van der Waals surface area contributed by atoms with Crippen LogP contribution in [0.1, 0.15) is 29.5 Å². The summed E-state index contributed by atoms with van der Waals surface area (Å²) < 4.78 is 6.97. The van der Waals surface area contributed by atoms with E-state index < -0.39 is 0 Å². The van der Waals surface area contributed by atoms with Crippen molar-refractivity contribution in [2.24, 2.45) is 5.84 Å². The zero-order valence-corrected chi connectivity index (χ0v) is 12.1. The van der Waals surface area contributed by atoms with Crippen molar-refractivity contribution in [3.05, 3.63) is 52.9 Å². The van der Waals surface area contributed by atoms with Crippen molar-refractivity contribution in [3.63, 3.8) is 0 Å². The number of hydrogen-bond acceptors (Lipinski definition) is 5. The molecule has 0 saturated carbocycles. The Morgan fingerprint density at radius 2 is 2.15 bits per heavy atom. The standard InChI is InChI=1S/C15H17N3OS/c1-2-10-7-8-13(19-10)12(18-16)9-15-17-11-5-3-4-6-14(11)20-15/h3-8,12,18H,2,9,16H2,1H3. The van der Waals surface area contributed by atoms with Gasteiger partial charge in [0.2, 0.25) is 0 Å². The van der Waals surface area contributed by atoms with Gasteiger partial charge in [-0.2, -0.15) is 0 Å². The summed E-state index contributed by atoms with van der Waals surface area (Å²) in [5.74, 6) is 7.51. The van der Waals surface area contributed by atoms with Crippen LogP contribution in [0.25, 0.3) is 10.2 Å². The summed E-state index contributed by atoms with van der Waals surface area (Å²) in [5.41, 5.74) is 3.86. The number of aromatic nitrogens is 1. The van der Waals surface area contributed by atoms with Crippen molar-refractivity contribution >= 4 is 21.6 Å². The minimum absolute atomic E-state index is 0.0455. The Hall–Kier alpha value is -1.69. The van der Waals surface area contributed by atoms with Crippen molar-refractivity contribution in [3.8, 4) is 0 Å². The van der Waals surface area contributed by atoms with Crippen LogP contribution < -0.4 is 11.3 Å². The first-order chi connectivity index (χ1) is 9.80. The Kier molecular flexibility index (Phi) is 3.82. The molecule has 0 amide bonds. The molecule has 2 heterocycles. The maximum absolute atomic E-state index is 5.77. The molecule has 3 rings (SSSR count). The Balaban J connectivity index is 1.83. The molecule has 0 aliphatic rings. The third kappa shape index (κ3) is 2.60. The summed E-state index contributed by atoms with van der Waals surface area (Å²) in [5, 5.41) is 1.06. The maximum Gasteiger partial charge on any atom is 0.122 e. The van der Waals surface area contributed by atoms with E-state index in [0.717, 1.165) is 34.9 Å². The Bertz CT molecular complexity index is 671. The van der Waals surface area contributed by atoms with Gasteiger partial charge >= 0.3 is 0 Å². The largest absolute Gasteiger partial charge is 0.464 e. The van der Waals surface area contributed by atoms with Crippen molar-refractivity contribution in [2.75, 3.05) is 0 Å². The van der Waals surface area contributed by atoms with Crippen LogP contribution in [-0.2, 0) is 12.8 Å². The van der Waals surface area contributed by atoms with Crippen LogP contribution in [0.2, 0.25) is 0 Å². The lowest BCUT2D eigenvalue weighted by Gasteiger charge is -2.11. The second-order valence-corrected chi connectivity index (χ2v) is 5.77. The number of rotatable bonds is 5. The van der Waals surface area contributed by atoms with Crippen LogP contribution in [0.4, 0.5) is 0 Å². The second kappa shape index (κ2) is 5.75. The molecule has 4 nitrogen and oxygen atoms in total. The summed E-state index contributed by atoms with van der Waals surface area (Å²) in [6, 6.07) is 12.1. The molecule has 2 aromatic heterocycles. The molecule has 0 fully saturated rings. The van der Waals surface area contributed by atoms with Gasteiger partial charge in [0, 0.05) is 12.8 Å². The number of nitrogens with zero attached hydrogens (tertiary/aromatic N) is 1. The van der Waals surface area contributed by atoms with Crippen LogP contribution in [0, 0.1) is 0 Å². The highest BCUT2D eigenvalue weighted by atomic mass is 32.1. The number of thiazole rings is 1. The van der Waals surface area contributed by atoms with Gasteiger partial charge in [0.1, 0.15) is 11.5 Å². The number of hydrazine groups is 1. The second-order valence-electron chi connectivity index (χ2n) is 4.66. The molecule has 1 atom stereocenters. The molecule has 0 radical (unpaired) electrons. The third-order valence-electron chi connectivity index (χ3n) is 3.29. The Labute approximate surface area is 121 Å². The lowest BCUT2D eigenvalue weighted by molar-refractivity contribution is 0.396. The monoisotopic (exact) mass is 287 g/mol. The fourth-order valence-corrected chi connectivity index (χ4v) is 3.21. The highest BCUT2D eigenvalue weighted by Gasteiger charge is 2.17. The molecule has 5 heteroatoms. The van der Waals surface area contributed by atoms with Gasteiger partial charge in [0.05, 0.1) is 21.3 Å². The molecular weight excluding hydrogens is 270 g/mol. The lowest BCUT2D eigenvalue weighted by atomic mass is 10.2. The van der Waals surface area contributed by atoms with Crippen LogP contribution in [0.15, 0.2) is 40.8 Å². The summed E-state index contributed by atoms with van der Waals surface area (Å²) in [6.45, 7) is 2.07. The topological polar surface area (TPSA) is 64.1 Å². The lowest BCUT2D eigenvalue weighted by Crippen LogP contribution is -2.29.